The van der Waals surface area contributed by atoms with Crippen molar-refractivity contribution in [3.8, 4) is 0 Å². The first-order chi connectivity index (χ1) is 13.1. The molecular formula is C20H32N4O4. The van der Waals surface area contributed by atoms with Crippen molar-refractivity contribution in [1.29, 1.82) is 0 Å². The molecule has 0 spiro atoms. The molecule has 1 aliphatic heterocycles. The highest BCUT2D eigenvalue weighted by Crippen LogP contribution is 2.23. The number of aromatic nitrogens is 2. The summed E-state index contributed by atoms with van der Waals surface area (Å²) in [6.45, 7) is 9.33. The number of carbonyl (C=O) groups is 3. The minimum Gasteiger partial charge on any atom is -0.466 e. The van der Waals surface area contributed by atoms with Gasteiger partial charge in [-0.05, 0) is 32.3 Å². The summed E-state index contributed by atoms with van der Waals surface area (Å²) in [5.41, 5.74) is 1.16. The molecule has 1 aromatic rings. The van der Waals surface area contributed by atoms with E-state index >= 15 is 0 Å². The molecule has 1 aliphatic rings. The number of nitrogens with zero attached hydrogens (tertiary/aromatic N) is 4. The zero-order valence-electron chi connectivity index (χ0n) is 17.7. The van der Waals surface area contributed by atoms with Crippen LogP contribution in [-0.4, -0.2) is 57.3 Å². The van der Waals surface area contributed by atoms with Gasteiger partial charge in [-0.1, -0.05) is 20.8 Å². The third-order valence-electron chi connectivity index (χ3n) is 4.75. The van der Waals surface area contributed by atoms with E-state index < -0.39 is 0 Å². The summed E-state index contributed by atoms with van der Waals surface area (Å²) >= 11 is 0. The van der Waals surface area contributed by atoms with Crippen molar-refractivity contribution in [3.05, 3.63) is 17.5 Å². The second-order valence-corrected chi connectivity index (χ2v) is 8.10. The van der Waals surface area contributed by atoms with Crippen LogP contribution in [0.5, 0.6) is 0 Å². The Labute approximate surface area is 166 Å². The first kappa shape index (κ1) is 21.9. The van der Waals surface area contributed by atoms with E-state index in [9.17, 15) is 14.4 Å². The number of esters is 1. The normalized spacial score (nSPS) is 14.5. The average Bonchev–Trinajstić information content (AvgIpc) is 3.24. The van der Waals surface area contributed by atoms with Crippen LogP contribution in [-0.2, 0) is 26.8 Å². The molecule has 0 atom stereocenters. The molecule has 2 amide bonds. The first-order valence-electron chi connectivity index (χ1n) is 9.97. The van der Waals surface area contributed by atoms with Crippen LogP contribution in [0, 0.1) is 0 Å². The average molecular weight is 393 g/mol. The van der Waals surface area contributed by atoms with E-state index in [-0.39, 0.29) is 23.2 Å². The van der Waals surface area contributed by atoms with Crippen molar-refractivity contribution in [2.24, 2.45) is 7.05 Å². The van der Waals surface area contributed by atoms with Crippen LogP contribution >= 0.6 is 0 Å². The van der Waals surface area contributed by atoms with Crippen LogP contribution in [0.1, 0.15) is 76.0 Å². The van der Waals surface area contributed by atoms with Crippen molar-refractivity contribution in [2.75, 3.05) is 19.7 Å². The number of hydrogen-bond acceptors (Lipinski definition) is 5. The fourth-order valence-corrected chi connectivity index (χ4v) is 3.16. The first-order valence-corrected chi connectivity index (χ1v) is 9.97. The highest BCUT2D eigenvalue weighted by atomic mass is 16.5. The van der Waals surface area contributed by atoms with Gasteiger partial charge in [0, 0.05) is 38.4 Å². The maximum absolute atomic E-state index is 13.0. The number of hydrazine groups is 1. The van der Waals surface area contributed by atoms with Gasteiger partial charge in [0.1, 0.15) is 5.69 Å². The SMILES string of the molecule is CCOC(=O)CCCCC(=O)N1CCCN1C(=O)c1cc(C(C)(C)C)nn1C. The topological polar surface area (TPSA) is 84.7 Å². The number of unbranched alkanes of at least 4 members (excludes halogenated alkanes) is 1. The Hall–Kier alpha value is -2.38. The minimum atomic E-state index is -0.237. The number of rotatable bonds is 7. The third-order valence-corrected chi connectivity index (χ3v) is 4.75. The second kappa shape index (κ2) is 9.21. The van der Waals surface area contributed by atoms with Crippen molar-refractivity contribution < 1.29 is 19.1 Å². The third kappa shape index (κ3) is 5.33. The van der Waals surface area contributed by atoms with Gasteiger partial charge < -0.3 is 4.74 Å². The smallest absolute Gasteiger partial charge is 0.305 e. The van der Waals surface area contributed by atoms with Gasteiger partial charge in [-0.15, -0.1) is 0 Å². The Kier molecular flexibility index (Phi) is 7.21. The van der Waals surface area contributed by atoms with Crippen LogP contribution in [0.25, 0.3) is 0 Å². The molecule has 0 saturated carbocycles. The van der Waals surface area contributed by atoms with Crippen molar-refractivity contribution in [1.82, 2.24) is 19.8 Å². The van der Waals surface area contributed by atoms with Crippen LogP contribution in [0.15, 0.2) is 6.07 Å². The molecule has 2 rings (SSSR count). The minimum absolute atomic E-state index is 0.0899. The number of amides is 2. The van der Waals surface area contributed by atoms with E-state index in [1.165, 1.54) is 10.0 Å². The van der Waals surface area contributed by atoms with Gasteiger partial charge in [0.05, 0.1) is 12.3 Å². The highest BCUT2D eigenvalue weighted by molar-refractivity contribution is 5.94. The van der Waals surface area contributed by atoms with E-state index in [2.05, 4.69) is 5.10 Å². The quantitative estimate of drug-likeness (QED) is 0.526. The molecule has 8 heteroatoms. The number of carbonyl (C=O) groups excluding carboxylic acids is 3. The van der Waals surface area contributed by atoms with Crippen molar-refractivity contribution >= 4 is 17.8 Å². The Morgan fingerprint density at radius 2 is 1.75 bits per heavy atom. The summed E-state index contributed by atoms with van der Waals surface area (Å²) in [4.78, 5) is 37.0. The summed E-state index contributed by atoms with van der Waals surface area (Å²) in [6, 6.07) is 1.81. The van der Waals surface area contributed by atoms with Gasteiger partial charge in [-0.3, -0.25) is 24.1 Å². The van der Waals surface area contributed by atoms with Gasteiger partial charge in [-0.2, -0.15) is 5.10 Å². The molecule has 8 nitrogen and oxygen atoms in total. The van der Waals surface area contributed by atoms with Gasteiger partial charge in [-0.25, -0.2) is 5.01 Å². The van der Waals surface area contributed by atoms with Gasteiger partial charge in [0.15, 0.2) is 0 Å². The predicted molar refractivity (Wildman–Crippen MR) is 104 cm³/mol. The molecule has 1 fully saturated rings. The summed E-state index contributed by atoms with van der Waals surface area (Å²) in [6.07, 6.45) is 2.57. The van der Waals surface area contributed by atoms with E-state index in [0.717, 1.165) is 12.1 Å². The summed E-state index contributed by atoms with van der Waals surface area (Å²) in [5.74, 6) is -0.533. The Morgan fingerprint density at radius 1 is 1.11 bits per heavy atom. The fraction of sp³-hybridized carbons (Fsp3) is 0.700. The number of hydrogen-bond donors (Lipinski definition) is 0. The second-order valence-electron chi connectivity index (χ2n) is 8.10. The Balaban J connectivity index is 1.96. The lowest BCUT2D eigenvalue weighted by atomic mass is 9.92. The number of ether oxygens (including phenoxy) is 1. The zero-order chi connectivity index (χ0) is 20.9. The lowest BCUT2D eigenvalue weighted by molar-refractivity contribution is -0.144. The Bertz CT molecular complexity index is 720. The molecule has 0 bridgehead atoms. The standard InChI is InChI=1S/C20H32N4O4/c1-6-28-18(26)11-8-7-10-17(25)23-12-9-13-24(23)19(27)15-14-16(20(2,3)4)21-22(15)5/h14H,6-13H2,1-5H3. The van der Waals surface area contributed by atoms with Crippen LogP contribution in [0.4, 0.5) is 0 Å². The molecule has 28 heavy (non-hydrogen) atoms. The maximum atomic E-state index is 13.0. The molecule has 0 N–H and O–H groups in total. The molecule has 2 heterocycles. The molecule has 1 aromatic heterocycles. The van der Waals surface area contributed by atoms with Gasteiger partial charge in [0.25, 0.3) is 5.91 Å². The van der Waals surface area contributed by atoms with Gasteiger partial charge >= 0.3 is 5.97 Å². The van der Waals surface area contributed by atoms with Crippen LogP contribution < -0.4 is 0 Å². The fourth-order valence-electron chi connectivity index (χ4n) is 3.16. The summed E-state index contributed by atoms with van der Waals surface area (Å²) in [7, 11) is 1.75. The molecule has 0 aliphatic carbocycles. The van der Waals surface area contributed by atoms with Crippen molar-refractivity contribution in [3.63, 3.8) is 0 Å². The van der Waals surface area contributed by atoms with E-state index in [1.807, 2.05) is 26.8 Å². The monoisotopic (exact) mass is 392 g/mol. The largest absolute Gasteiger partial charge is 0.466 e. The lowest BCUT2D eigenvalue weighted by Crippen LogP contribution is -2.45. The predicted octanol–water partition coefficient (Wildman–Crippen LogP) is 2.43. The summed E-state index contributed by atoms with van der Waals surface area (Å²) in [5, 5.41) is 7.52. The lowest BCUT2D eigenvalue weighted by Gasteiger charge is -2.27. The molecular weight excluding hydrogens is 360 g/mol. The van der Waals surface area contributed by atoms with Gasteiger partial charge in [0.2, 0.25) is 5.91 Å². The molecule has 0 unspecified atom stereocenters. The summed E-state index contributed by atoms with van der Waals surface area (Å²) < 4.78 is 6.47. The highest BCUT2D eigenvalue weighted by Gasteiger charge is 2.33. The van der Waals surface area contributed by atoms with E-state index in [1.54, 1.807) is 18.7 Å². The molecule has 0 aromatic carbocycles. The Morgan fingerprint density at radius 3 is 2.36 bits per heavy atom. The maximum Gasteiger partial charge on any atom is 0.305 e. The van der Waals surface area contributed by atoms with E-state index in [0.29, 0.717) is 51.1 Å². The number of aryl methyl sites for hydroxylation is 1. The van der Waals surface area contributed by atoms with E-state index in [4.69, 9.17) is 4.74 Å². The zero-order valence-corrected chi connectivity index (χ0v) is 17.7. The van der Waals surface area contributed by atoms with Crippen LogP contribution in [0.2, 0.25) is 0 Å². The molecule has 0 radical (unpaired) electrons. The van der Waals surface area contributed by atoms with Crippen LogP contribution in [0.3, 0.4) is 0 Å². The molecule has 156 valence electrons. The molecule has 1 saturated heterocycles. The van der Waals surface area contributed by atoms with Crippen molar-refractivity contribution in [2.45, 2.75) is 65.2 Å².